The topological polar surface area (TPSA) is 128 Å². The molecule has 23 heavy (non-hydrogen) atoms. The van der Waals surface area contributed by atoms with Crippen molar-refractivity contribution in [2.75, 3.05) is 5.32 Å². The Bertz CT molecular complexity index is 857. The van der Waals surface area contributed by atoms with Gasteiger partial charge in [0.25, 0.3) is 0 Å². The van der Waals surface area contributed by atoms with Crippen molar-refractivity contribution in [2.45, 2.75) is 31.7 Å². The molecule has 124 valence electrons. The van der Waals surface area contributed by atoms with Gasteiger partial charge < -0.3 is 9.73 Å². The van der Waals surface area contributed by atoms with Crippen LogP contribution in [0, 0.1) is 24.0 Å². The fraction of sp³-hybridized carbons (Fsp3) is 0.286. The number of nitro groups is 1. The average molecular weight is 339 g/mol. The number of rotatable bonds is 5. The SMILES string of the molecule is Cc1cc([C@@H](C)Nc2cccc(S(N)(=O)=O)c2[N+](=O)[O-])c(C)o1. The molecular weight excluding hydrogens is 322 g/mol. The van der Waals surface area contributed by atoms with E-state index in [0.29, 0.717) is 5.76 Å². The molecule has 3 N–H and O–H groups in total. The molecule has 0 saturated carbocycles. The van der Waals surface area contributed by atoms with Crippen LogP contribution in [0.3, 0.4) is 0 Å². The number of aryl methyl sites for hydroxylation is 2. The molecular formula is C14H17N3O5S. The standard InChI is InChI=1S/C14H17N3O5S/c1-8-7-11(10(3)22-8)9(2)16-12-5-4-6-13(23(15,20)21)14(12)17(18)19/h4-7,9,16H,1-3H3,(H2,15,20,21)/t9-/m1/s1. The number of nitrogens with one attached hydrogen (secondary N) is 1. The number of nitrogens with two attached hydrogens (primary N) is 1. The Hall–Kier alpha value is -2.39. The van der Waals surface area contributed by atoms with Crippen molar-refractivity contribution in [3.8, 4) is 0 Å². The van der Waals surface area contributed by atoms with E-state index in [4.69, 9.17) is 9.56 Å². The molecule has 0 radical (unpaired) electrons. The summed E-state index contributed by atoms with van der Waals surface area (Å²) in [6, 6.07) is 5.45. The largest absolute Gasteiger partial charge is 0.466 e. The molecule has 0 amide bonds. The van der Waals surface area contributed by atoms with Crippen LogP contribution < -0.4 is 10.5 Å². The predicted molar refractivity (Wildman–Crippen MR) is 84.7 cm³/mol. The quantitative estimate of drug-likeness (QED) is 0.636. The maximum absolute atomic E-state index is 11.6. The molecule has 0 aliphatic rings. The Morgan fingerprint density at radius 3 is 2.48 bits per heavy atom. The van der Waals surface area contributed by atoms with E-state index in [-0.39, 0.29) is 11.7 Å². The minimum absolute atomic E-state index is 0.0762. The molecule has 8 nitrogen and oxygen atoms in total. The minimum atomic E-state index is -4.21. The molecule has 0 fully saturated rings. The molecule has 1 aromatic heterocycles. The first-order valence-electron chi connectivity index (χ1n) is 6.75. The summed E-state index contributed by atoms with van der Waals surface area (Å²) in [5.41, 5.74) is 0.338. The zero-order valence-electron chi connectivity index (χ0n) is 12.9. The zero-order chi connectivity index (χ0) is 17.4. The Morgan fingerprint density at radius 2 is 2.00 bits per heavy atom. The normalized spacial score (nSPS) is 12.9. The van der Waals surface area contributed by atoms with E-state index in [2.05, 4.69) is 5.32 Å². The van der Waals surface area contributed by atoms with Crippen LogP contribution in [0.15, 0.2) is 33.6 Å². The summed E-state index contributed by atoms with van der Waals surface area (Å²) < 4.78 is 28.5. The van der Waals surface area contributed by atoms with E-state index in [0.717, 1.165) is 17.4 Å². The maximum Gasteiger partial charge on any atom is 0.312 e. The lowest BCUT2D eigenvalue weighted by molar-refractivity contribution is -0.386. The molecule has 0 bridgehead atoms. The first-order valence-corrected chi connectivity index (χ1v) is 8.29. The number of benzene rings is 1. The van der Waals surface area contributed by atoms with Gasteiger partial charge in [0.05, 0.1) is 11.0 Å². The molecule has 0 spiro atoms. The van der Waals surface area contributed by atoms with Gasteiger partial charge in [-0.3, -0.25) is 10.1 Å². The first-order chi connectivity index (χ1) is 10.6. The van der Waals surface area contributed by atoms with Crippen molar-refractivity contribution in [3.63, 3.8) is 0 Å². The van der Waals surface area contributed by atoms with Gasteiger partial charge in [-0.2, -0.15) is 0 Å². The first kappa shape index (κ1) is 17.0. The summed E-state index contributed by atoms with van der Waals surface area (Å²) in [5, 5.41) is 19.3. The third-order valence-electron chi connectivity index (χ3n) is 3.41. The smallest absolute Gasteiger partial charge is 0.312 e. The molecule has 0 unspecified atom stereocenters. The van der Waals surface area contributed by atoms with Crippen molar-refractivity contribution in [3.05, 3.63) is 51.5 Å². The highest BCUT2D eigenvalue weighted by atomic mass is 32.2. The van der Waals surface area contributed by atoms with Crippen LogP contribution in [-0.4, -0.2) is 13.3 Å². The second kappa shape index (κ2) is 6.01. The number of anilines is 1. The lowest BCUT2D eigenvalue weighted by Gasteiger charge is -2.15. The lowest BCUT2D eigenvalue weighted by Crippen LogP contribution is -2.16. The van der Waals surface area contributed by atoms with Crippen LogP contribution >= 0.6 is 0 Å². The van der Waals surface area contributed by atoms with Gasteiger partial charge in [-0.25, -0.2) is 13.6 Å². The fourth-order valence-corrected chi connectivity index (χ4v) is 3.17. The van der Waals surface area contributed by atoms with Gasteiger partial charge in [0.2, 0.25) is 10.0 Å². The Kier molecular flexibility index (Phi) is 4.44. The van der Waals surface area contributed by atoms with Gasteiger partial charge in [-0.05, 0) is 39.0 Å². The number of hydrogen-bond donors (Lipinski definition) is 2. The molecule has 9 heteroatoms. The minimum Gasteiger partial charge on any atom is -0.466 e. The highest BCUT2D eigenvalue weighted by Crippen LogP contribution is 2.34. The van der Waals surface area contributed by atoms with Crippen molar-refractivity contribution < 1.29 is 17.8 Å². The average Bonchev–Trinajstić information content (AvgIpc) is 2.76. The molecule has 1 heterocycles. The van der Waals surface area contributed by atoms with Crippen LogP contribution in [-0.2, 0) is 10.0 Å². The molecule has 2 rings (SSSR count). The zero-order valence-corrected chi connectivity index (χ0v) is 13.7. The number of sulfonamides is 1. The molecule has 1 aromatic carbocycles. The monoisotopic (exact) mass is 339 g/mol. The molecule has 0 aliphatic carbocycles. The van der Waals surface area contributed by atoms with E-state index in [1.165, 1.54) is 12.1 Å². The van der Waals surface area contributed by atoms with Crippen LogP contribution in [0.2, 0.25) is 0 Å². The van der Waals surface area contributed by atoms with E-state index in [9.17, 15) is 18.5 Å². The van der Waals surface area contributed by atoms with Crippen LogP contribution in [0.5, 0.6) is 0 Å². The Balaban J connectivity index is 2.48. The molecule has 1 atom stereocenters. The van der Waals surface area contributed by atoms with Gasteiger partial charge in [0, 0.05) is 5.56 Å². The molecule has 2 aromatic rings. The molecule has 0 aliphatic heterocycles. The summed E-state index contributed by atoms with van der Waals surface area (Å²) in [5.74, 6) is 1.41. The van der Waals surface area contributed by atoms with Gasteiger partial charge >= 0.3 is 5.69 Å². The highest BCUT2D eigenvalue weighted by molar-refractivity contribution is 7.89. The second-order valence-electron chi connectivity index (χ2n) is 5.19. The Labute approximate surface area is 133 Å². The van der Waals surface area contributed by atoms with Crippen molar-refractivity contribution in [1.82, 2.24) is 0 Å². The van der Waals surface area contributed by atoms with Crippen molar-refractivity contribution >= 4 is 21.4 Å². The van der Waals surface area contributed by atoms with Gasteiger partial charge in [-0.15, -0.1) is 0 Å². The third kappa shape index (κ3) is 3.51. The van der Waals surface area contributed by atoms with Crippen molar-refractivity contribution in [1.29, 1.82) is 0 Å². The number of primary sulfonamides is 1. The van der Waals surface area contributed by atoms with E-state index in [1.807, 2.05) is 6.07 Å². The van der Waals surface area contributed by atoms with Crippen LogP contribution in [0.25, 0.3) is 0 Å². The summed E-state index contributed by atoms with van der Waals surface area (Å²) in [4.78, 5) is 10.0. The number of para-hydroxylation sites is 1. The number of hydrogen-bond acceptors (Lipinski definition) is 6. The van der Waals surface area contributed by atoms with Gasteiger partial charge in [0.1, 0.15) is 17.2 Å². The van der Waals surface area contributed by atoms with Gasteiger partial charge in [0.15, 0.2) is 4.90 Å². The fourth-order valence-electron chi connectivity index (χ4n) is 2.45. The summed E-state index contributed by atoms with van der Waals surface area (Å²) >= 11 is 0. The van der Waals surface area contributed by atoms with Gasteiger partial charge in [-0.1, -0.05) is 6.07 Å². The van der Waals surface area contributed by atoms with E-state index < -0.39 is 25.5 Å². The summed E-state index contributed by atoms with van der Waals surface area (Å²) in [7, 11) is -4.21. The lowest BCUT2D eigenvalue weighted by atomic mass is 10.1. The number of furan rings is 1. The van der Waals surface area contributed by atoms with E-state index >= 15 is 0 Å². The third-order valence-corrected chi connectivity index (χ3v) is 4.35. The van der Waals surface area contributed by atoms with Crippen LogP contribution in [0.1, 0.15) is 30.0 Å². The highest BCUT2D eigenvalue weighted by Gasteiger charge is 2.27. The maximum atomic E-state index is 11.6. The number of nitrogens with zero attached hydrogens (tertiary/aromatic N) is 1. The van der Waals surface area contributed by atoms with E-state index in [1.54, 1.807) is 20.8 Å². The molecule has 0 saturated heterocycles. The van der Waals surface area contributed by atoms with Crippen LogP contribution in [0.4, 0.5) is 11.4 Å². The summed E-state index contributed by atoms with van der Waals surface area (Å²) in [6.07, 6.45) is 0. The Morgan fingerprint density at radius 1 is 1.35 bits per heavy atom. The number of nitro benzene ring substituents is 1. The van der Waals surface area contributed by atoms with Crippen molar-refractivity contribution in [2.24, 2.45) is 5.14 Å². The second-order valence-corrected chi connectivity index (χ2v) is 6.72. The predicted octanol–water partition coefficient (Wildman–Crippen LogP) is 2.63. The summed E-state index contributed by atoms with van der Waals surface area (Å²) in [6.45, 7) is 5.38.